The number of oxime groups is 1. The number of amides is 1. The van der Waals surface area contributed by atoms with Gasteiger partial charge in [0.05, 0.1) is 18.0 Å². The zero-order chi connectivity index (χ0) is 17.4. The van der Waals surface area contributed by atoms with Crippen molar-refractivity contribution in [2.24, 2.45) is 11.1 Å². The number of hydrogen-bond acceptors (Lipinski definition) is 5. The minimum Gasteiger partial charge on any atom is -0.382 e. The SMILES string of the molecule is CC(C)C1=NOC(C(=O)N2Cc3cnc(-c4ccccc4)nc3C2)C1. The molecule has 1 unspecified atom stereocenters. The van der Waals surface area contributed by atoms with Crippen molar-refractivity contribution < 1.29 is 9.63 Å². The minimum absolute atomic E-state index is 0.0290. The lowest BCUT2D eigenvalue weighted by Gasteiger charge is -2.18. The zero-order valence-corrected chi connectivity index (χ0v) is 14.3. The number of aromatic nitrogens is 2. The van der Waals surface area contributed by atoms with Crippen molar-refractivity contribution in [3.63, 3.8) is 0 Å². The van der Waals surface area contributed by atoms with E-state index in [-0.39, 0.29) is 5.91 Å². The second-order valence-electron chi connectivity index (χ2n) is 6.76. The molecule has 6 nitrogen and oxygen atoms in total. The highest BCUT2D eigenvalue weighted by Crippen LogP contribution is 2.26. The van der Waals surface area contributed by atoms with E-state index in [2.05, 4.69) is 29.0 Å². The minimum atomic E-state index is -0.506. The van der Waals surface area contributed by atoms with Crippen molar-refractivity contribution in [2.75, 3.05) is 0 Å². The summed E-state index contributed by atoms with van der Waals surface area (Å²) in [6.07, 6.45) is 1.89. The van der Waals surface area contributed by atoms with E-state index in [1.54, 1.807) is 4.90 Å². The highest BCUT2D eigenvalue weighted by molar-refractivity contribution is 5.93. The van der Waals surface area contributed by atoms with Crippen molar-refractivity contribution >= 4 is 11.6 Å². The van der Waals surface area contributed by atoms with E-state index in [0.717, 1.165) is 22.5 Å². The van der Waals surface area contributed by atoms with Crippen LogP contribution >= 0.6 is 0 Å². The lowest BCUT2D eigenvalue weighted by Crippen LogP contribution is -2.36. The molecule has 128 valence electrons. The second-order valence-corrected chi connectivity index (χ2v) is 6.76. The fourth-order valence-electron chi connectivity index (χ4n) is 3.11. The Labute approximate surface area is 146 Å². The van der Waals surface area contributed by atoms with Crippen LogP contribution < -0.4 is 0 Å². The standard InChI is InChI=1S/C19H20N4O2/c1-12(2)15-8-17(25-22-15)19(24)23-10-14-9-20-18(21-16(14)11-23)13-6-4-3-5-7-13/h3-7,9,12,17H,8,10-11H2,1-2H3. The smallest absolute Gasteiger partial charge is 0.267 e. The highest BCUT2D eigenvalue weighted by Gasteiger charge is 2.35. The number of carbonyl (C=O) groups is 1. The second kappa shape index (κ2) is 6.27. The molecule has 2 aliphatic heterocycles. The third-order valence-corrected chi connectivity index (χ3v) is 4.63. The van der Waals surface area contributed by atoms with Gasteiger partial charge in [0.25, 0.3) is 5.91 Å². The third-order valence-electron chi connectivity index (χ3n) is 4.63. The number of hydrogen-bond donors (Lipinski definition) is 0. The van der Waals surface area contributed by atoms with E-state index in [1.807, 2.05) is 36.5 Å². The molecule has 0 bridgehead atoms. The monoisotopic (exact) mass is 336 g/mol. The molecule has 1 amide bonds. The van der Waals surface area contributed by atoms with Gasteiger partial charge in [-0.15, -0.1) is 0 Å². The lowest BCUT2D eigenvalue weighted by atomic mass is 10.0. The van der Waals surface area contributed by atoms with Crippen LogP contribution in [0, 0.1) is 5.92 Å². The first-order valence-corrected chi connectivity index (χ1v) is 8.53. The zero-order valence-electron chi connectivity index (χ0n) is 14.3. The predicted octanol–water partition coefficient (Wildman–Crippen LogP) is 2.79. The molecule has 0 N–H and O–H groups in total. The van der Waals surface area contributed by atoms with Gasteiger partial charge in [0, 0.05) is 30.3 Å². The van der Waals surface area contributed by atoms with Gasteiger partial charge in [-0.25, -0.2) is 9.97 Å². The number of carbonyl (C=O) groups excluding carboxylic acids is 1. The van der Waals surface area contributed by atoms with Gasteiger partial charge >= 0.3 is 0 Å². The predicted molar refractivity (Wildman–Crippen MR) is 93.5 cm³/mol. The summed E-state index contributed by atoms with van der Waals surface area (Å²) < 4.78 is 0. The fraction of sp³-hybridized carbons (Fsp3) is 0.368. The van der Waals surface area contributed by atoms with Crippen LogP contribution in [0.4, 0.5) is 0 Å². The molecule has 4 rings (SSSR count). The number of fused-ring (bicyclic) bond motifs is 1. The van der Waals surface area contributed by atoms with Crippen LogP contribution in [0.1, 0.15) is 31.5 Å². The Morgan fingerprint density at radius 3 is 2.76 bits per heavy atom. The van der Waals surface area contributed by atoms with Gasteiger partial charge < -0.3 is 9.74 Å². The maximum absolute atomic E-state index is 12.7. The third kappa shape index (κ3) is 2.99. The molecule has 0 spiro atoms. The summed E-state index contributed by atoms with van der Waals surface area (Å²) in [7, 11) is 0. The maximum atomic E-state index is 12.7. The summed E-state index contributed by atoms with van der Waals surface area (Å²) in [6.45, 7) is 5.14. The van der Waals surface area contributed by atoms with Crippen LogP contribution in [0.25, 0.3) is 11.4 Å². The first kappa shape index (κ1) is 15.7. The summed E-state index contributed by atoms with van der Waals surface area (Å²) in [6, 6.07) is 9.86. The lowest BCUT2D eigenvalue weighted by molar-refractivity contribution is -0.142. The molecule has 0 radical (unpaired) electrons. The van der Waals surface area contributed by atoms with Crippen LogP contribution in [-0.4, -0.2) is 32.6 Å². The first-order chi connectivity index (χ1) is 12.1. The molecule has 6 heteroatoms. The topological polar surface area (TPSA) is 67.7 Å². The van der Waals surface area contributed by atoms with Crippen molar-refractivity contribution in [3.05, 3.63) is 47.8 Å². The molecular weight excluding hydrogens is 316 g/mol. The van der Waals surface area contributed by atoms with Gasteiger partial charge in [-0.05, 0) is 5.92 Å². The summed E-state index contributed by atoms with van der Waals surface area (Å²) in [5.41, 5.74) is 3.83. The van der Waals surface area contributed by atoms with Crippen LogP contribution in [0.15, 0.2) is 41.7 Å². The van der Waals surface area contributed by atoms with E-state index >= 15 is 0 Å². The molecule has 0 aliphatic carbocycles. The summed E-state index contributed by atoms with van der Waals surface area (Å²) in [4.78, 5) is 28.9. The van der Waals surface area contributed by atoms with Crippen molar-refractivity contribution in [3.8, 4) is 11.4 Å². The summed E-state index contributed by atoms with van der Waals surface area (Å²) in [5, 5.41) is 4.05. The first-order valence-electron chi connectivity index (χ1n) is 8.53. The normalized spacial score (nSPS) is 18.9. The Morgan fingerprint density at radius 2 is 2.04 bits per heavy atom. The molecule has 1 atom stereocenters. The molecule has 1 aromatic heterocycles. The molecule has 1 aromatic carbocycles. The number of rotatable bonds is 3. The molecule has 0 saturated heterocycles. The molecule has 25 heavy (non-hydrogen) atoms. The van der Waals surface area contributed by atoms with Crippen molar-refractivity contribution in [1.82, 2.24) is 14.9 Å². The Hall–Kier alpha value is -2.76. The number of nitrogens with zero attached hydrogens (tertiary/aromatic N) is 4. The number of benzene rings is 1. The summed E-state index contributed by atoms with van der Waals surface area (Å²) >= 11 is 0. The van der Waals surface area contributed by atoms with Crippen LogP contribution in [0.3, 0.4) is 0 Å². The molecule has 0 saturated carbocycles. The highest BCUT2D eigenvalue weighted by atomic mass is 16.6. The van der Waals surface area contributed by atoms with Gasteiger partial charge in [0.2, 0.25) is 6.10 Å². The van der Waals surface area contributed by atoms with E-state index in [4.69, 9.17) is 4.84 Å². The molecule has 3 heterocycles. The molecule has 2 aliphatic rings. The Balaban J connectivity index is 1.48. The van der Waals surface area contributed by atoms with Crippen LogP contribution in [0.5, 0.6) is 0 Å². The maximum Gasteiger partial charge on any atom is 0.267 e. The molecule has 0 fully saturated rings. The average molecular weight is 336 g/mol. The summed E-state index contributed by atoms with van der Waals surface area (Å²) in [5.74, 6) is 0.961. The quantitative estimate of drug-likeness (QED) is 0.864. The van der Waals surface area contributed by atoms with E-state index in [0.29, 0.717) is 31.3 Å². The Kier molecular flexibility index (Phi) is 3.95. The van der Waals surface area contributed by atoms with E-state index in [9.17, 15) is 4.79 Å². The van der Waals surface area contributed by atoms with Gasteiger partial charge in [-0.2, -0.15) is 0 Å². The average Bonchev–Trinajstić information content (AvgIpc) is 3.28. The van der Waals surface area contributed by atoms with E-state index in [1.165, 1.54) is 0 Å². The molecule has 2 aromatic rings. The largest absolute Gasteiger partial charge is 0.382 e. The fourth-order valence-corrected chi connectivity index (χ4v) is 3.11. The van der Waals surface area contributed by atoms with Crippen LogP contribution in [-0.2, 0) is 22.7 Å². The Morgan fingerprint density at radius 1 is 1.24 bits per heavy atom. The van der Waals surface area contributed by atoms with Gasteiger partial charge in [-0.1, -0.05) is 49.3 Å². The van der Waals surface area contributed by atoms with Gasteiger partial charge in [-0.3, -0.25) is 4.79 Å². The van der Waals surface area contributed by atoms with E-state index < -0.39 is 6.10 Å². The van der Waals surface area contributed by atoms with Crippen molar-refractivity contribution in [2.45, 2.75) is 39.5 Å². The Bertz CT molecular complexity index is 833. The van der Waals surface area contributed by atoms with Gasteiger partial charge in [0.1, 0.15) is 0 Å². The van der Waals surface area contributed by atoms with Gasteiger partial charge in [0.15, 0.2) is 5.82 Å². The molecular formula is C19H20N4O2. The van der Waals surface area contributed by atoms with Crippen molar-refractivity contribution in [1.29, 1.82) is 0 Å². The van der Waals surface area contributed by atoms with Crippen LogP contribution in [0.2, 0.25) is 0 Å².